The molecule has 1 aliphatic carbocycles. The van der Waals surface area contributed by atoms with Gasteiger partial charge in [0.15, 0.2) is 0 Å². The number of ketones is 1. The monoisotopic (exact) mass is 435 g/mol. The van der Waals surface area contributed by atoms with Crippen LogP contribution < -0.4 is 14.8 Å². The van der Waals surface area contributed by atoms with Gasteiger partial charge in [-0.25, -0.2) is 0 Å². The fourth-order valence-electron chi connectivity index (χ4n) is 5.23. The van der Waals surface area contributed by atoms with Gasteiger partial charge >= 0.3 is 5.97 Å². The number of hydrogen-bond donors (Lipinski definition) is 1. The minimum Gasteiger partial charge on any atom is -0.491 e. The fourth-order valence-corrected chi connectivity index (χ4v) is 5.23. The first-order chi connectivity index (χ1) is 15.4. The summed E-state index contributed by atoms with van der Waals surface area (Å²) in [4.78, 5) is 24.1. The molecular formula is C27H33NO4. The van der Waals surface area contributed by atoms with Crippen LogP contribution in [0, 0.1) is 5.92 Å². The van der Waals surface area contributed by atoms with Gasteiger partial charge in [-0.15, -0.1) is 0 Å². The largest absolute Gasteiger partial charge is 0.491 e. The maximum Gasteiger partial charge on any atom is 0.308 e. The van der Waals surface area contributed by atoms with E-state index in [9.17, 15) is 9.59 Å². The summed E-state index contributed by atoms with van der Waals surface area (Å²) in [6, 6.07) is 14.5. The predicted molar refractivity (Wildman–Crippen MR) is 125 cm³/mol. The number of carbonyl (C=O) groups excluding carboxylic acids is 2. The number of carbonyl (C=O) groups is 2. The summed E-state index contributed by atoms with van der Waals surface area (Å²) in [6.45, 7) is 5.65. The first-order valence-electron chi connectivity index (χ1n) is 11.8. The molecule has 5 heteroatoms. The van der Waals surface area contributed by atoms with E-state index < -0.39 is 0 Å². The van der Waals surface area contributed by atoms with E-state index in [0.717, 1.165) is 36.9 Å². The quantitative estimate of drug-likeness (QED) is 0.448. The van der Waals surface area contributed by atoms with Crippen LogP contribution in [-0.4, -0.2) is 23.9 Å². The molecule has 1 N–H and O–H groups in total. The maximum absolute atomic E-state index is 12.2. The zero-order valence-electron chi connectivity index (χ0n) is 19.2. The highest BCUT2D eigenvalue weighted by molar-refractivity contribution is 5.82. The van der Waals surface area contributed by atoms with Gasteiger partial charge in [0, 0.05) is 55.1 Å². The number of aryl methyl sites for hydroxylation is 1. The summed E-state index contributed by atoms with van der Waals surface area (Å²) in [6.07, 6.45) is 5.03. The van der Waals surface area contributed by atoms with Crippen molar-refractivity contribution in [3.05, 3.63) is 53.6 Å². The Morgan fingerprint density at radius 2 is 2.00 bits per heavy atom. The van der Waals surface area contributed by atoms with Crippen LogP contribution in [0.15, 0.2) is 42.5 Å². The molecule has 2 aliphatic rings. The SMILES string of the molecule is CC(=O)Oc1cc(OC(C)CCCc2ccccc2)cc2c1[C@@H]1CC(=O)CC[C@H]1[C@H](C)N2. The maximum atomic E-state index is 12.2. The highest BCUT2D eigenvalue weighted by Crippen LogP contribution is 2.50. The average molecular weight is 436 g/mol. The second-order valence-electron chi connectivity index (χ2n) is 9.27. The van der Waals surface area contributed by atoms with Crippen molar-refractivity contribution >= 4 is 17.4 Å². The second kappa shape index (κ2) is 9.76. The molecule has 0 amide bonds. The van der Waals surface area contributed by atoms with Gasteiger partial charge < -0.3 is 14.8 Å². The third-order valence-corrected chi connectivity index (χ3v) is 6.74. The molecule has 0 bridgehead atoms. The van der Waals surface area contributed by atoms with E-state index >= 15 is 0 Å². The zero-order valence-corrected chi connectivity index (χ0v) is 19.2. The summed E-state index contributed by atoms with van der Waals surface area (Å²) < 4.78 is 11.9. The molecule has 170 valence electrons. The van der Waals surface area contributed by atoms with Crippen molar-refractivity contribution < 1.29 is 19.1 Å². The molecule has 0 spiro atoms. The summed E-state index contributed by atoms with van der Waals surface area (Å²) in [5.41, 5.74) is 3.19. The summed E-state index contributed by atoms with van der Waals surface area (Å²) in [7, 11) is 0. The van der Waals surface area contributed by atoms with E-state index in [2.05, 4.69) is 43.4 Å². The molecule has 4 rings (SSSR count). The molecule has 1 aliphatic heterocycles. The van der Waals surface area contributed by atoms with Crippen LogP contribution in [0.1, 0.15) is 69.9 Å². The molecule has 4 atom stereocenters. The van der Waals surface area contributed by atoms with Crippen molar-refractivity contribution in [2.45, 2.75) is 77.4 Å². The lowest BCUT2D eigenvalue weighted by atomic mass is 9.69. The molecule has 0 aromatic heterocycles. The van der Waals surface area contributed by atoms with Gasteiger partial charge in [0.1, 0.15) is 17.3 Å². The molecule has 0 radical (unpaired) electrons. The van der Waals surface area contributed by atoms with Crippen molar-refractivity contribution in [3.8, 4) is 11.5 Å². The smallest absolute Gasteiger partial charge is 0.308 e. The summed E-state index contributed by atoms with van der Waals surface area (Å²) in [5.74, 6) is 1.57. The molecule has 1 unspecified atom stereocenters. The Balaban J connectivity index is 1.51. The Morgan fingerprint density at radius 3 is 2.75 bits per heavy atom. The number of Topliss-reactive ketones (excluding diaryl/α,β-unsaturated/α-hetero) is 1. The Labute approximate surface area is 190 Å². The van der Waals surface area contributed by atoms with Crippen molar-refractivity contribution in [1.29, 1.82) is 0 Å². The Bertz CT molecular complexity index is 971. The van der Waals surface area contributed by atoms with Crippen LogP contribution in [0.4, 0.5) is 5.69 Å². The van der Waals surface area contributed by atoms with Crippen LogP contribution in [-0.2, 0) is 16.0 Å². The number of hydrogen-bond acceptors (Lipinski definition) is 5. The Hall–Kier alpha value is -2.82. The molecule has 1 fully saturated rings. The van der Waals surface area contributed by atoms with Gasteiger partial charge in [0.05, 0.1) is 6.10 Å². The minimum atomic E-state index is -0.363. The van der Waals surface area contributed by atoms with E-state index in [0.29, 0.717) is 30.3 Å². The number of ether oxygens (including phenoxy) is 2. The van der Waals surface area contributed by atoms with E-state index in [1.807, 2.05) is 18.2 Å². The molecule has 2 aromatic carbocycles. The summed E-state index contributed by atoms with van der Waals surface area (Å²) >= 11 is 0. The number of benzene rings is 2. The zero-order chi connectivity index (χ0) is 22.7. The first kappa shape index (κ1) is 22.4. The van der Waals surface area contributed by atoms with Crippen LogP contribution >= 0.6 is 0 Å². The first-order valence-corrected chi connectivity index (χ1v) is 11.8. The highest BCUT2D eigenvalue weighted by Gasteiger charge is 2.40. The van der Waals surface area contributed by atoms with Gasteiger partial charge in [-0.2, -0.15) is 0 Å². The van der Waals surface area contributed by atoms with Crippen LogP contribution in [0.5, 0.6) is 11.5 Å². The fraction of sp³-hybridized carbons (Fsp3) is 0.481. The van der Waals surface area contributed by atoms with Gasteiger partial charge in [-0.3, -0.25) is 9.59 Å². The Kier molecular flexibility index (Phi) is 6.83. The van der Waals surface area contributed by atoms with E-state index in [1.165, 1.54) is 12.5 Å². The molecule has 1 heterocycles. The number of nitrogens with one attached hydrogen (secondary N) is 1. The van der Waals surface area contributed by atoms with Gasteiger partial charge in [-0.05, 0) is 51.0 Å². The standard InChI is InChI=1S/C27H33NO4/c1-17(8-7-11-20-9-5-4-6-10-20)31-22-15-25-27(26(16-22)32-19(3)29)24-14-21(30)12-13-23(24)18(2)28-25/h4-6,9-10,15-18,23-24,28H,7-8,11-14H2,1-3H3/t17?,18-,23-,24+/m0/s1. The minimum absolute atomic E-state index is 0.0342. The van der Waals surface area contributed by atoms with Crippen LogP contribution in [0.25, 0.3) is 0 Å². The third-order valence-electron chi connectivity index (χ3n) is 6.74. The predicted octanol–water partition coefficient (Wildman–Crippen LogP) is 5.67. The normalized spacial score (nSPS) is 22.8. The molecular weight excluding hydrogens is 402 g/mol. The number of esters is 1. The second-order valence-corrected chi connectivity index (χ2v) is 9.27. The lowest BCUT2D eigenvalue weighted by Gasteiger charge is -2.42. The molecule has 1 saturated carbocycles. The van der Waals surface area contributed by atoms with Crippen LogP contribution in [0.2, 0.25) is 0 Å². The number of fused-ring (bicyclic) bond motifs is 3. The lowest BCUT2D eigenvalue weighted by Crippen LogP contribution is -2.39. The van der Waals surface area contributed by atoms with Gasteiger partial charge in [0.25, 0.3) is 0 Å². The van der Waals surface area contributed by atoms with Crippen LogP contribution in [0.3, 0.4) is 0 Å². The molecule has 0 saturated heterocycles. The van der Waals surface area contributed by atoms with E-state index in [-0.39, 0.29) is 29.8 Å². The highest BCUT2D eigenvalue weighted by atomic mass is 16.5. The number of anilines is 1. The van der Waals surface area contributed by atoms with Crippen molar-refractivity contribution in [3.63, 3.8) is 0 Å². The molecule has 5 nitrogen and oxygen atoms in total. The van der Waals surface area contributed by atoms with Gasteiger partial charge in [0.2, 0.25) is 0 Å². The van der Waals surface area contributed by atoms with Crippen molar-refractivity contribution in [2.75, 3.05) is 5.32 Å². The van der Waals surface area contributed by atoms with Crippen molar-refractivity contribution in [2.24, 2.45) is 5.92 Å². The van der Waals surface area contributed by atoms with Crippen molar-refractivity contribution in [1.82, 2.24) is 0 Å². The lowest BCUT2D eigenvalue weighted by molar-refractivity contribution is -0.131. The molecule has 2 aromatic rings. The van der Waals surface area contributed by atoms with E-state index in [4.69, 9.17) is 9.47 Å². The van der Waals surface area contributed by atoms with E-state index in [1.54, 1.807) is 0 Å². The number of rotatable bonds is 7. The van der Waals surface area contributed by atoms with Gasteiger partial charge in [-0.1, -0.05) is 30.3 Å². The third kappa shape index (κ3) is 5.14. The average Bonchev–Trinajstić information content (AvgIpc) is 2.73. The Morgan fingerprint density at radius 1 is 1.22 bits per heavy atom. The topological polar surface area (TPSA) is 64.6 Å². The molecule has 32 heavy (non-hydrogen) atoms. The summed E-state index contributed by atoms with van der Waals surface area (Å²) in [5, 5.41) is 3.58.